The normalized spacial score (nSPS) is 12.1. The van der Waals surface area contributed by atoms with E-state index in [9.17, 15) is 36.2 Å². The number of nitrogens with zero attached hydrogens (tertiary/aromatic N) is 12. The van der Waals surface area contributed by atoms with Crippen LogP contribution in [0.1, 0.15) is 27.7 Å². The summed E-state index contributed by atoms with van der Waals surface area (Å²) in [6.07, 6.45) is 0. The van der Waals surface area contributed by atoms with Crippen molar-refractivity contribution >= 4 is 126 Å². The third-order valence-corrected chi connectivity index (χ3v) is 14.7. The number of aliphatic hydroxyl groups is 2. The molecule has 0 aliphatic rings. The Kier molecular flexibility index (Phi) is 16.5. The highest BCUT2D eigenvalue weighted by atomic mass is 32.2. The minimum atomic E-state index is -4.56. The van der Waals surface area contributed by atoms with Gasteiger partial charge in [0.05, 0.1) is 70.6 Å². The van der Waals surface area contributed by atoms with E-state index in [4.69, 9.17) is 24.4 Å². The molecule has 28 heteroatoms. The van der Waals surface area contributed by atoms with E-state index in [-0.39, 0.29) is 96.0 Å². The second-order valence-corrected chi connectivity index (χ2v) is 19.7. The first kappa shape index (κ1) is 52.0. The molecule has 0 aliphatic heterocycles. The Morgan fingerprint density at radius 1 is 0.577 bits per heavy atom. The van der Waals surface area contributed by atoms with Crippen molar-refractivity contribution in [3.63, 3.8) is 0 Å². The number of aliphatic hydroxyl groups excluding tert-OH is 2. The number of fused-ring (bicyclic) bond motifs is 2. The Morgan fingerprint density at radius 3 is 1.34 bits per heavy atom. The lowest BCUT2D eigenvalue weighted by Crippen LogP contribution is -2.31. The van der Waals surface area contributed by atoms with E-state index in [1.807, 2.05) is 27.7 Å². The molecule has 7 rings (SSSR count). The number of methoxy groups -OCH3 is 2. The number of ether oxygens (including phenoxy) is 2. The van der Waals surface area contributed by atoms with Crippen molar-refractivity contribution in [3.05, 3.63) is 60.7 Å². The summed E-state index contributed by atoms with van der Waals surface area (Å²) in [4.78, 5) is 28.1. The van der Waals surface area contributed by atoms with Gasteiger partial charge in [-0.2, -0.15) is 31.8 Å². The van der Waals surface area contributed by atoms with Crippen LogP contribution in [-0.2, 0) is 20.2 Å². The number of hydrogen-bond acceptors (Lipinski definition) is 24. The molecule has 0 unspecified atom stereocenters. The van der Waals surface area contributed by atoms with Crippen molar-refractivity contribution in [3.8, 4) is 11.5 Å². The molecule has 0 atom stereocenters. The lowest BCUT2D eigenvalue weighted by molar-refractivity contribution is 0.280. The van der Waals surface area contributed by atoms with Crippen LogP contribution >= 0.6 is 22.7 Å². The monoisotopic (exact) mass is 1050 g/mol. The third-order valence-electron chi connectivity index (χ3n) is 10.7. The molecule has 376 valence electrons. The number of benzene rings is 4. The van der Waals surface area contributed by atoms with Gasteiger partial charge in [-0.1, -0.05) is 34.8 Å². The van der Waals surface area contributed by atoms with Gasteiger partial charge in [-0.25, -0.2) is 9.97 Å². The van der Waals surface area contributed by atoms with Gasteiger partial charge in [-0.3, -0.25) is 9.11 Å². The summed E-state index contributed by atoms with van der Waals surface area (Å²) in [6.45, 7) is 9.85. The first-order valence-corrected chi connectivity index (χ1v) is 26.4. The largest absolute Gasteiger partial charge is 0.494 e. The van der Waals surface area contributed by atoms with E-state index in [1.54, 1.807) is 41.3 Å². The smallest absolute Gasteiger partial charge is 0.296 e. The molecule has 0 amide bonds. The number of azo groups is 2. The Hall–Kier alpha value is -6.79. The molecule has 0 radical (unpaired) electrons. The fourth-order valence-corrected chi connectivity index (χ4v) is 11.0. The molecule has 0 spiro atoms. The summed E-state index contributed by atoms with van der Waals surface area (Å²) < 4.78 is 80.3. The minimum Gasteiger partial charge on any atom is -0.494 e. The second kappa shape index (κ2) is 22.5. The molecule has 0 aliphatic carbocycles. The summed E-state index contributed by atoms with van der Waals surface area (Å²) >= 11 is 1.84. The van der Waals surface area contributed by atoms with Crippen molar-refractivity contribution < 1.29 is 45.6 Å². The Bertz CT molecular complexity index is 3120. The number of thiazole rings is 2. The highest BCUT2D eigenvalue weighted by molar-refractivity contribution is 7.86. The number of hydrogen-bond donors (Lipinski definition) is 6. The van der Waals surface area contributed by atoms with Gasteiger partial charge in [-0.15, -0.1) is 20.5 Å². The Balaban J connectivity index is 1.37. The molecular formula is C43H50N14O10S4. The van der Waals surface area contributed by atoms with Crippen molar-refractivity contribution in [1.82, 2.24) is 24.9 Å². The predicted molar refractivity (Wildman–Crippen MR) is 273 cm³/mol. The topological polar surface area (TPSA) is 315 Å². The van der Waals surface area contributed by atoms with Crippen LogP contribution in [0.4, 0.5) is 62.2 Å². The van der Waals surface area contributed by atoms with Crippen LogP contribution in [0.15, 0.2) is 90.9 Å². The Labute approximate surface area is 416 Å². The molecule has 0 fully saturated rings. The summed E-state index contributed by atoms with van der Waals surface area (Å²) in [5, 5.41) is 44.6. The second-order valence-electron chi connectivity index (χ2n) is 14.9. The van der Waals surface area contributed by atoms with Gasteiger partial charge >= 0.3 is 0 Å². The summed E-state index contributed by atoms with van der Waals surface area (Å²) in [5.74, 6) is 0.928. The summed E-state index contributed by atoms with van der Waals surface area (Å²) in [7, 11) is -6.09. The number of anilines is 7. The average Bonchev–Trinajstić information content (AvgIpc) is 3.97. The van der Waals surface area contributed by atoms with E-state index in [0.29, 0.717) is 60.4 Å². The summed E-state index contributed by atoms with van der Waals surface area (Å²) in [5.41, 5.74) is 3.08. The number of rotatable bonds is 23. The average molecular weight is 1050 g/mol. The first-order chi connectivity index (χ1) is 34.0. The van der Waals surface area contributed by atoms with E-state index >= 15 is 0 Å². The quantitative estimate of drug-likeness (QED) is 0.0259. The van der Waals surface area contributed by atoms with Crippen LogP contribution in [0.3, 0.4) is 0 Å². The van der Waals surface area contributed by atoms with Gasteiger partial charge in [0.15, 0.2) is 0 Å². The van der Waals surface area contributed by atoms with Crippen LogP contribution < -0.4 is 34.8 Å². The van der Waals surface area contributed by atoms with Gasteiger partial charge in [0.2, 0.25) is 28.1 Å². The standard InChI is InChI=1S/C43H50N14O10S4/c1-7-55(8-2)31-21-27(29(23-33(31)66-5)51-53-42-46-25-13-11-15-35(37(25)68-42)70(60,61)62)44-39-48-40(50-41(49-39)57(17-19-58)18-20-59)45-28-22-32(56(9-3)10-4)34(67-6)24-30(28)52-54-43-47-26-14-12-16-36(38(26)69-43)71(63,64)65/h11-16,21-24,58-59H,7-10,17-20H2,1-6H3,(H,60,61,62)(H,63,64,65)(H2,44,45,48,49,50)/b53-51+,54-52+. The molecule has 0 bridgehead atoms. The van der Waals surface area contributed by atoms with Crippen molar-refractivity contribution in [2.45, 2.75) is 37.5 Å². The summed E-state index contributed by atoms with van der Waals surface area (Å²) in [6, 6.07) is 15.5. The van der Waals surface area contributed by atoms with Gasteiger partial charge in [0.25, 0.3) is 20.2 Å². The molecule has 0 saturated carbocycles. The van der Waals surface area contributed by atoms with Crippen molar-refractivity contribution in [2.24, 2.45) is 20.5 Å². The zero-order valence-electron chi connectivity index (χ0n) is 39.2. The van der Waals surface area contributed by atoms with E-state index in [2.05, 4.69) is 50.9 Å². The van der Waals surface area contributed by atoms with Crippen LogP contribution in [0.5, 0.6) is 11.5 Å². The van der Waals surface area contributed by atoms with Crippen molar-refractivity contribution in [1.29, 1.82) is 0 Å². The van der Waals surface area contributed by atoms with Crippen LogP contribution in [-0.4, -0.2) is 128 Å². The molecule has 4 aromatic carbocycles. The minimum absolute atomic E-state index is 0.0203. The maximum atomic E-state index is 12.1. The highest BCUT2D eigenvalue weighted by Crippen LogP contribution is 2.44. The molecule has 71 heavy (non-hydrogen) atoms. The Morgan fingerprint density at radius 2 is 0.986 bits per heavy atom. The third kappa shape index (κ3) is 11.9. The van der Waals surface area contributed by atoms with Crippen LogP contribution in [0, 0.1) is 0 Å². The molecule has 24 nitrogen and oxygen atoms in total. The van der Waals surface area contributed by atoms with Gasteiger partial charge < -0.3 is 45.0 Å². The van der Waals surface area contributed by atoms with Crippen LogP contribution in [0.2, 0.25) is 0 Å². The number of nitrogens with one attached hydrogen (secondary N) is 2. The molecule has 3 aromatic heterocycles. The number of aromatic nitrogens is 5. The van der Waals surface area contributed by atoms with Gasteiger partial charge in [-0.05, 0) is 64.1 Å². The van der Waals surface area contributed by atoms with E-state index in [0.717, 1.165) is 22.7 Å². The lowest BCUT2D eigenvalue weighted by atomic mass is 10.2. The molecular weight excluding hydrogens is 1000 g/mol. The van der Waals surface area contributed by atoms with E-state index in [1.165, 1.54) is 38.5 Å². The first-order valence-electron chi connectivity index (χ1n) is 21.8. The van der Waals surface area contributed by atoms with E-state index < -0.39 is 20.2 Å². The molecule has 6 N–H and O–H groups in total. The fourth-order valence-electron chi connectivity index (χ4n) is 7.35. The van der Waals surface area contributed by atoms with Gasteiger partial charge in [0, 0.05) is 51.4 Å². The maximum absolute atomic E-state index is 12.1. The fraction of sp³-hybridized carbons (Fsp3) is 0.326. The lowest BCUT2D eigenvalue weighted by Gasteiger charge is -2.25. The SMILES string of the molecule is CCN(CC)c1cc(Nc2nc(Nc3cc(N(CC)CC)c(OC)cc3/N=N/c3nc4cccc(S(=O)(=O)O)c4s3)nc(N(CCO)CCO)n2)c(/N=N/c2nc3cccc(S(=O)(=O)O)c3s2)cc1OC. The van der Waals surface area contributed by atoms with Gasteiger partial charge in [0.1, 0.15) is 32.7 Å². The molecule has 0 saturated heterocycles. The van der Waals surface area contributed by atoms with Crippen LogP contribution in [0.25, 0.3) is 20.4 Å². The van der Waals surface area contributed by atoms with Crippen molar-refractivity contribution in [2.75, 3.05) is 92.0 Å². The zero-order valence-corrected chi connectivity index (χ0v) is 42.4. The predicted octanol–water partition coefficient (Wildman–Crippen LogP) is 8.40. The molecule has 3 heterocycles. The molecule has 7 aromatic rings. The highest BCUT2D eigenvalue weighted by Gasteiger charge is 2.23. The maximum Gasteiger partial charge on any atom is 0.296 e. The zero-order chi connectivity index (χ0) is 51.0.